The van der Waals surface area contributed by atoms with Gasteiger partial charge in [-0.15, -0.1) is 0 Å². The van der Waals surface area contributed by atoms with E-state index in [9.17, 15) is 14.0 Å². The van der Waals surface area contributed by atoms with Crippen LogP contribution in [0.15, 0.2) is 48.5 Å². The molecule has 1 fully saturated rings. The van der Waals surface area contributed by atoms with Gasteiger partial charge in [-0.2, -0.15) is 0 Å². The summed E-state index contributed by atoms with van der Waals surface area (Å²) in [7, 11) is 3.73. The maximum absolute atomic E-state index is 14.3. The van der Waals surface area contributed by atoms with E-state index in [1.807, 2.05) is 84.0 Å². The first-order valence-corrected chi connectivity index (χ1v) is 17.6. The molecule has 1 aliphatic heterocycles. The Morgan fingerprint density at radius 3 is 2.48 bits per heavy atom. The highest BCUT2D eigenvalue weighted by Crippen LogP contribution is 2.43. The van der Waals surface area contributed by atoms with Crippen molar-refractivity contribution in [1.29, 1.82) is 0 Å². The Kier molecular flexibility index (Phi) is 11.3. The first-order chi connectivity index (χ1) is 23.5. The standard InChI is InChI=1S/C41H52FN3O5/c1-25(2)38-33(20-19-30-22-31(49-41(6,7)48-30)23-36(47)50-40(3,4)5)37(27-13-16-28(42)17-14-27)32-12-10-11-26-15-18-29(21-34(26)39(32)44-38)43-35(46)24-45(8)9/h13-21,25,30-31H,10-12,22-24H2,1-9H3,(H,43,46)/b20-19+/t30-,31-/m1/s1. The molecule has 1 aromatic heterocycles. The zero-order valence-electron chi connectivity index (χ0n) is 31.0. The topological polar surface area (TPSA) is 90.0 Å². The highest BCUT2D eigenvalue weighted by atomic mass is 19.1. The van der Waals surface area contributed by atoms with Crippen molar-refractivity contribution in [3.63, 3.8) is 0 Å². The lowest BCUT2D eigenvalue weighted by Gasteiger charge is -2.40. The molecule has 9 heteroatoms. The van der Waals surface area contributed by atoms with Gasteiger partial charge >= 0.3 is 5.97 Å². The van der Waals surface area contributed by atoms with Crippen LogP contribution in [0.1, 0.15) is 96.0 Å². The number of ether oxygens (including phenoxy) is 3. The molecule has 2 aliphatic rings. The fourth-order valence-corrected chi connectivity index (χ4v) is 6.88. The van der Waals surface area contributed by atoms with Gasteiger partial charge < -0.3 is 24.4 Å². The number of aryl methyl sites for hydroxylation is 1. The number of hydrogen-bond acceptors (Lipinski definition) is 7. The number of benzene rings is 2. The molecule has 0 saturated carbocycles. The minimum atomic E-state index is -0.907. The predicted molar refractivity (Wildman–Crippen MR) is 196 cm³/mol. The number of anilines is 1. The predicted octanol–water partition coefficient (Wildman–Crippen LogP) is 8.32. The molecule has 2 heterocycles. The molecule has 3 aromatic rings. The average molecular weight is 686 g/mol. The van der Waals surface area contributed by atoms with Crippen molar-refractivity contribution in [2.24, 2.45) is 0 Å². The van der Waals surface area contributed by atoms with Gasteiger partial charge in [0, 0.05) is 23.2 Å². The van der Waals surface area contributed by atoms with Crippen molar-refractivity contribution in [2.45, 2.75) is 110 Å². The van der Waals surface area contributed by atoms with E-state index in [-0.39, 0.29) is 48.8 Å². The number of esters is 1. The number of halogens is 1. The molecule has 0 radical (unpaired) electrons. The van der Waals surface area contributed by atoms with E-state index in [2.05, 4.69) is 31.3 Å². The first kappa shape index (κ1) is 37.3. The molecular weight excluding hydrogens is 633 g/mol. The molecule has 0 bridgehead atoms. The Morgan fingerprint density at radius 2 is 1.82 bits per heavy atom. The molecular formula is C41H52FN3O5. The van der Waals surface area contributed by atoms with Gasteiger partial charge in [0.25, 0.3) is 0 Å². The summed E-state index contributed by atoms with van der Waals surface area (Å²) in [5.41, 5.74) is 8.09. The van der Waals surface area contributed by atoms with Gasteiger partial charge in [0.1, 0.15) is 11.4 Å². The van der Waals surface area contributed by atoms with E-state index in [4.69, 9.17) is 19.2 Å². The Balaban J connectivity index is 1.60. The molecule has 8 nitrogen and oxygen atoms in total. The fraction of sp³-hybridized carbons (Fsp3) is 0.488. The number of pyridine rings is 1. The monoisotopic (exact) mass is 685 g/mol. The normalized spacial score (nSPS) is 18.9. The van der Waals surface area contributed by atoms with Gasteiger partial charge in [-0.05, 0) is 120 Å². The largest absolute Gasteiger partial charge is 0.460 e. The van der Waals surface area contributed by atoms with E-state index >= 15 is 0 Å². The van der Waals surface area contributed by atoms with Crippen LogP contribution >= 0.6 is 0 Å². The SMILES string of the molecule is CC(C)c1nc2c(c(-c3ccc(F)cc3)c1/C=C/[C@@H]1C[C@H](CC(=O)OC(C)(C)C)OC(C)(C)O1)CCCc1ccc(NC(=O)CN(C)C)cc1-2. The number of aromatic nitrogens is 1. The smallest absolute Gasteiger partial charge is 0.308 e. The summed E-state index contributed by atoms with van der Waals surface area (Å²) in [5.74, 6) is -1.54. The molecule has 50 heavy (non-hydrogen) atoms. The molecule has 1 amide bonds. The maximum atomic E-state index is 14.3. The maximum Gasteiger partial charge on any atom is 0.308 e. The van der Waals surface area contributed by atoms with Crippen LogP contribution in [0.2, 0.25) is 0 Å². The van der Waals surface area contributed by atoms with Gasteiger partial charge in [0.05, 0.1) is 36.6 Å². The highest BCUT2D eigenvalue weighted by Gasteiger charge is 2.36. The molecule has 2 aromatic carbocycles. The summed E-state index contributed by atoms with van der Waals surface area (Å²) in [6, 6.07) is 12.8. The van der Waals surface area contributed by atoms with Crippen LogP contribution in [0.4, 0.5) is 10.1 Å². The number of carbonyl (C=O) groups is 2. The second-order valence-electron chi connectivity index (χ2n) is 15.5. The Hall–Kier alpha value is -3.92. The molecule has 0 spiro atoms. The second-order valence-corrected chi connectivity index (χ2v) is 15.5. The van der Waals surface area contributed by atoms with E-state index < -0.39 is 11.4 Å². The van der Waals surface area contributed by atoms with Crippen LogP contribution in [-0.4, -0.2) is 66.0 Å². The summed E-state index contributed by atoms with van der Waals surface area (Å²) in [5, 5.41) is 3.05. The van der Waals surface area contributed by atoms with Gasteiger partial charge in [0.2, 0.25) is 5.91 Å². The lowest BCUT2D eigenvalue weighted by molar-refractivity contribution is -0.290. The van der Waals surface area contributed by atoms with Gasteiger partial charge in [0.15, 0.2) is 5.79 Å². The Morgan fingerprint density at radius 1 is 1.10 bits per heavy atom. The number of nitrogens with zero attached hydrogens (tertiary/aromatic N) is 2. The third-order valence-corrected chi connectivity index (χ3v) is 8.70. The summed E-state index contributed by atoms with van der Waals surface area (Å²) in [4.78, 5) is 32.6. The number of fused-ring (bicyclic) bond motifs is 3. The summed E-state index contributed by atoms with van der Waals surface area (Å²) in [6.07, 6.45) is 6.59. The van der Waals surface area contributed by atoms with Crippen LogP contribution < -0.4 is 5.32 Å². The quantitative estimate of drug-likeness (QED) is 0.227. The Labute approximate surface area is 296 Å². The molecule has 2 atom stereocenters. The van der Waals surface area contributed by atoms with E-state index in [0.29, 0.717) is 6.42 Å². The number of carbonyl (C=O) groups excluding carboxylic acids is 2. The lowest BCUT2D eigenvalue weighted by atomic mass is 9.86. The highest BCUT2D eigenvalue weighted by molar-refractivity contribution is 5.93. The third kappa shape index (κ3) is 9.44. The summed E-state index contributed by atoms with van der Waals surface area (Å²) < 4.78 is 32.4. The van der Waals surface area contributed by atoms with Crippen molar-refractivity contribution in [3.8, 4) is 22.4 Å². The zero-order chi connectivity index (χ0) is 36.4. The van der Waals surface area contributed by atoms with Crippen molar-refractivity contribution in [1.82, 2.24) is 9.88 Å². The van der Waals surface area contributed by atoms with E-state index in [1.54, 1.807) is 0 Å². The molecule has 5 rings (SSSR count). The van der Waals surface area contributed by atoms with Crippen LogP contribution in [0, 0.1) is 5.82 Å². The van der Waals surface area contributed by atoms with Crippen molar-refractivity contribution >= 4 is 23.6 Å². The molecule has 0 unspecified atom stereocenters. The molecule has 1 aliphatic carbocycles. The molecule has 268 valence electrons. The summed E-state index contributed by atoms with van der Waals surface area (Å²) >= 11 is 0. The number of likely N-dealkylation sites (N-methyl/N-ethyl adjacent to an activating group) is 1. The second kappa shape index (κ2) is 15.1. The number of rotatable bonds is 9. The van der Waals surface area contributed by atoms with E-state index in [1.165, 1.54) is 17.7 Å². The summed E-state index contributed by atoms with van der Waals surface area (Å²) in [6.45, 7) is 13.8. The van der Waals surface area contributed by atoms with Crippen LogP contribution in [0.5, 0.6) is 0 Å². The lowest BCUT2D eigenvalue weighted by Crippen LogP contribution is -2.45. The van der Waals surface area contributed by atoms with Crippen molar-refractivity contribution in [2.75, 3.05) is 26.0 Å². The van der Waals surface area contributed by atoms with Gasteiger partial charge in [-0.3, -0.25) is 14.6 Å². The number of amides is 1. The third-order valence-electron chi connectivity index (χ3n) is 8.70. The van der Waals surface area contributed by atoms with Gasteiger partial charge in [-0.1, -0.05) is 44.2 Å². The molecule has 1 saturated heterocycles. The van der Waals surface area contributed by atoms with Crippen LogP contribution in [-0.2, 0) is 36.6 Å². The number of hydrogen-bond donors (Lipinski definition) is 1. The van der Waals surface area contributed by atoms with E-state index in [0.717, 1.165) is 64.2 Å². The van der Waals surface area contributed by atoms with Crippen molar-refractivity contribution < 1.29 is 28.2 Å². The first-order valence-electron chi connectivity index (χ1n) is 17.6. The van der Waals surface area contributed by atoms with Crippen molar-refractivity contribution in [3.05, 3.63) is 76.7 Å². The Bertz CT molecular complexity index is 1740. The van der Waals surface area contributed by atoms with Gasteiger partial charge in [-0.25, -0.2) is 4.39 Å². The molecule has 1 N–H and O–H groups in total. The average Bonchev–Trinajstić information content (AvgIpc) is 3.16. The number of nitrogens with one attached hydrogen (secondary N) is 1. The van der Waals surface area contributed by atoms with Crippen LogP contribution in [0.3, 0.4) is 0 Å². The van der Waals surface area contributed by atoms with Crippen LogP contribution in [0.25, 0.3) is 28.5 Å². The minimum absolute atomic E-state index is 0.0563. The fourth-order valence-electron chi connectivity index (χ4n) is 6.88. The zero-order valence-corrected chi connectivity index (χ0v) is 31.0. The minimum Gasteiger partial charge on any atom is -0.460 e.